The molecular formula is C26H29N3O8. The number of ketones is 2. The number of nitrogens with two attached hydrogens (primary N) is 1. The van der Waals surface area contributed by atoms with Gasteiger partial charge in [0.05, 0.1) is 11.6 Å². The molecule has 0 saturated carbocycles. The number of benzene rings is 1. The Hall–Kier alpha value is -3.96. The van der Waals surface area contributed by atoms with Crippen molar-refractivity contribution in [2.24, 2.45) is 17.6 Å². The van der Waals surface area contributed by atoms with Gasteiger partial charge in [0.15, 0.2) is 11.4 Å². The molecule has 2 amide bonds. The number of fused-ring (bicyclic) bond motifs is 3. The van der Waals surface area contributed by atoms with Crippen molar-refractivity contribution in [3.8, 4) is 5.75 Å². The number of hydrogen-bond donors (Lipinski definition) is 5. The molecule has 0 bridgehead atoms. The number of carbonyl (C=O) groups excluding carboxylic acids is 4. The van der Waals surface area contributed by atoms with Gasteiger partial charge >= 0.3 is 0 Å². The molecule has 0 aliphatic heterocycles. The van der Waals surface area contributed by atoms with Gasteiger partial charge in [-0.15, -0.1) is 0 Å². The Morgan fingerprint density at radius 3 is 2.32 bits per heavy atom. The first-order chi connectivity index (χ1) is 17.2. The molecule has 3 aliphatic carbocycles. The number of primary amides is 1. The number of carbonyl (C=O) groups is 4. The smallest absolute Gasteiger partial charge is 0.255 e. The third-order valence-corrected chi connectivity index (χ3v) is 7.49. The summed E-state index contributed by atoms with van der Waals surface area (Å²) in [7, 11) is 6.31. The molecule has 1 aromatic carbocycles. The van der Waals surface area contributed by atoms with Gasteiger partial charge in [0.1, 0.15) is 22.8 Å². The minimum absolute atomic E-state index is 0.0127. The summed E-state index contributed by atoms with van der Waals surface area (Å²) in [4.78, 5) is 53.9. The summed E-state index contributed by atoms with van der Waals surface area (Å²) in [5.41, 5.74) is 2.40. The maximum atomic E-state index is 13.6. The second-order valence-corrected chi connectivity index (χ2v) is 10.1. The Bertz CT molecular complexity index is 1340. The van der Waals surface area contributed by atoms with Crippen LogP contribution in [-0.4, -0.2) is 93.4 Å². The summed E-state index contributed by atoms with van der Waals surface area (Å²) < 4.78 is 0. The summed E-state index contributed by atoms with van der Waals surface area (Å²) in [6.07, 6.45) is 2.98. The minimum atomic E-state index is -2.68. The van der Waals surface area contributed by atoms with Crippen molar-refractivity contribution in [2.75, 3.05) is 28.2 Å². The van der Waals surface area contributed by atoms with Gasteiger partial charge < -0.3 is 31.1 Å². The standard InChI is InChI=1S/C26H29N3O8/c1-28(2)16(31)8-6-11-5-7-15(30)18-13(11)9-12-10-14-20(29(3)4)22(33)19(25(27)36)24(35)26(14,37)23(34)17(12)21(18)32/h5-8,12,14,20,30,33-34,37H,9-10H2,1-4H3,(H2,27,36)/b8-6+/t12-,14-,20-,26-/m1/s1. The van der Waals surface area contributed by atoms with E-state index in [1.165, 1.54) is 28.0 Å². The molecule has 11 nitrogen and oxygen atoms in total. The van der Waals surface area contributed by atoms with Gasteiger partial charge in [0.25, 0.3) is 5.91 Å². The van der Waals surface area contributed by atoms with Crippen LogP contribution in [0.3, 0.4) is 0 Å². The Kier molecular flexibility index (Phi) is 6.25. The van der Waals surface area contributed by atoms with Crippen LogP contribution in [0, 0.1) is 11.8 Å². The molecule has 0 saturated heterocycles. The summed E-state index contributed by atoms with van der Waals surface area (Å²) in [6.45, 7) is 0. The number of hydrogen-bond acceptors (Lipinski definition) is 9. The number of likely N-dealkylation sites (N-methyl/N-ethyl adjacent to an activating group) is 2. The number of allylic oxidation sites excluding steroid dienone is 1. The molecule has 4 atom stereocenters. The van der Waals surface area contributed by atoms with Crippen molar-refractivity contribution in [2.45, 2.75) is 24.5 Å². The molecule has 0 unspecified atom stereocenters. The summed E-state index contributed by atoms with van der Waals surface area (Å²) >= 11 is 0. The molecule has 11 heteroatoms. The van der Waals surface area contributed by atoms with E-state index in [1.807, 2.05) is 0 Å². The fourth-order valence-electron chi connectivity index (χ4n) is 5.74. The van der Waals surface area contributed by atoms with Crippen LogP contribution in [-0.2, 0) is 20.8 Å². The topological polar surface area (TPSA) is 182 Å². The van der Waals surface area contributed by atoms with Crippen LogP contribution >= 0.6 is 0 Å². The van der Waals surface area contributed by atoms with E-state index in [0.29, 0.717) is 11.1 Å². The Morgan fingerprint density at radius 1 is 1.11 bits per heavy atom. The second kappa shape index (κ2) is 8.86. The first kappa shape index (κ1) is 26.1. The lowest BCUT2D eigenvalue weighted by Crippen LogP contribution is -2.63. The van der Waals surface area contributed by atoms with Gasteiger partial charge in [-0.25, -0.2) is 0 Å². The van der Waals surface area contributed by atoms with Crippen molar-refractivity contribution in [1.29, 1.82) is 0 Å². The van der Waals surface area contributed by atoms with Gasteiger partial charge in [0.2, 0.25) is 11.7 Å². The predicted octanol–water partition coefficient (Wildman–Crippen LogP) is 0.222. The molecule has 0 heterocycles. The van der Waals surface area contributed by atoms with Crippen LogP contribution in [0.4, 0.5) is 0 Å². The fourth-order valence-corrected chi connectivity index (χ4v) is 5.74. The van der Waals surface area contributed by atoms with Crippen molar-refractivity contribution in [3.63, 3.8) is 0 Å². The van der Waals surface area contributed by atoms with Crippen molar-refractivity contribution < 1.29 is 39.6 Å². The zero-order valence-corrected chi connectivity index (χ0v) is 20.8. The van der Waals surface area contributed by atoms with Crippen molar-refractivity contribution in [3.05, 3.63) is 57.6 Å². The number of nitrogens with zero attached hydrogens (tertiary/aromatic N) is 2. The summed E-state index contributed by atoms with van der Waals surface area (Å²) in [5.74, 6) is -7.33. The molecule has 37 heavy (non-hydrogen) atoms. The van der Waals surface area contributed by atoms with E-state index in [1.54, 1.807) is 34.3 Å². The molecule has 6 N–H and O–H groups in total. The molecule has 4 rings (SSSR count). The highest BCUT2D eigenvalue weighted by Gasteiger charge is 2.63. The zero-order chi connectivity index (χ0) is 27.6. The lowest BCUT2D eigenvalue weighted by atomic mass is 9.58. The number of phenols is 1. The monoisotopic (exact) mass is 511 g/mol. The molecule has 0 spiro atoms. The normalized spacial score (nSPS) is 27.4. The molecule has 0 radical (unpaired) electrons. The molecule has 3 aliphatic rings. The Morgan fingerprint density at radius 2 is 1.76 bits per heavy atom. The number of rotatable bonds is 4. The molecule has 196 valence electrons. The van der Waals surface area contributed by atoms with E-state index in [-0.39, 0.29) is 35.6 Å². The molecule has 0 aromatic heterocycles. The van der Waals surface area contributed by atoms with Crippen molar-refractivity contribution >= 4 is 29.5 Å². The number of aliphatic hydroxyl groups excluding tert-OH is 2. The number of aromatic hydroxyl groups is 1. The van der Waals surface area contributed by atoms with E-state index in [2.05, 4.69) is 0 Å². The average molecular weight is 512 g/mol. The number of aliphatic hydroxyl groups is 3. The zero-order valence-electron chi connectivity index (χ0n) is 20.8. The maximum Gasteiger partial charge on any atom is 0.255 e. The summed E-state index contributed by atoms with van der Waals surface area (Å²) in [6, 6.07) is 1.79. The van der Waals surface area contributed by atoms with Gasteiger partial charge in [-0.05, 0) is 56.1 Å². The van der Waals surface area contributed by atoms with Crippen LogP contribution in [0.25, 0.3) is 6.08 Å². The second-order valence-electron chi connectivity index (χ2n) is 10.1. The maximum absolute atomic E-state index is 13.6. The predicted molar refractivity (Wildman–Crippen MR) is 131 cm³/mol. The minimum Gasteiger partial charge on any atom is -0.510 e. The third kappa shape index (κ3) is 3.73. The van der Waals surface area contributed by atoms with E-state index >= 15 is 0 Å². The quantitative estimate of drug-likeness (QED) is 0.279. The van der Waals surface area contributed by atoms with Crippen LogP contribution in [0.1, 0.15) is 27.9 Å². The molecule has 1 aromatic rings. The van der Waals surface area contributed by atoms with E-state index in [9.17, 15) is 39.6 Å². The van der Waals surface area contributed by atoms with Crippen LogP contribution < -0.4 is 5.73 Å². The van der Waals surface area contributed by atoms with Crippen LogP contribution in [0.15, 0.2) is 40.9 Å². The highest BCUT2D eigenvalue weighted by atomic mass is 16.3. The Labute approximate surface area is 212 Å². The first-order valence-electron chi connectivity index (χ1n) is 11.6. The van der Waals surface area contributed by atoms with Gasteiger partial charge in [-0.1, -0.05) is 6.07 Å². The van der Waals surface area contributed by atoms with E-state index in [0.717, 1.165) is 0 Å². The fraction of sp³-hybridized carbons (Fsp3) is 0.385. The van der Waals surface area contributed by atoms with Crippen LogP contribution in [0.5, 0.6) is 5.75 Å². The number of Topliss-reactive ketones (excluding diaryl/α,β-unsaturated/α-hetero) is 2. The van der Waals surface area contributed by atoms with Crippen molar-refractivity contribution in [1.82, 2.24) is 9.80 Å². The number of phenolic OH excluding ortho intramolecular Hbond substituents is 1. The van der Waals surface area contributed by atoms with Gasteiger partial charge in [-0.2, -0.15) is 0 Å². The van der Waals surface area contributed by atoms with Gasteiger partial charge in [-0.3, -0.25) is 24.1 Å². The molecule has 0 fully saturated rings. The molecular weight excluding hydrogens is 482 g/mol. The first-order valence-corrected chi connectivity index (χ1v) is 11.6. The largest absolute Gasteiger partial charge is 0.510 e. The lowest BCUT2D eigenvalue weighted by molar-refractivity contribution is -0.148. The third-order valence-electron chi connectivity index (χ3n) is 7.49. The Balaban J connectivity index is 1.91. The van der Waals surface area contributed by atoms with E-state index < -0.39 is 58.0 Å². The van der Waals surface area contributed by atoms with Crippen LogP contribution in [0.2, 0.25) is 0 Å². The lowest BCUT2D eigenvalue weighted by Gasteiger charge is -2.50. The van der Waals surface area contributed by atoms with E-state index in [4.69, 9.17) is 5.73 Å². The summed E-state index contributed by atoms with van der Waals surface area (Å²) in [5, 5.41) is 44.2. The highest BCUT2D eigenvalue weighted by Crippen LogP contribution is 2.52. The number of amides is 2. The average Bonchev–Trinajstić information content (AvgIpc) is 2.80. The van der Waals surface area contributed by atoms with Gasteiger partial charge in [0, 0.05) is 31.7 Å². The highest BCUT2D eigenvalue weighted by molar-refractivity contribution is 6.24. The SMILES string of the molecule is CN(C)C(=O)/C=C/c1ccc(O)c2c1C[C@@H]1C[C@@H]3[C@@H](N(C)C)C(O)=C(C(N)=O)C(=O)[C@]3(O)C(O)=C1C2=O.